The summed E-state index contributed by atoms with van der Waals surface area (Å²) in [5.41, 5.74) is 3.47. The third-order valence-electron chi connectivity index (χ3n) is 3.51. The molecule has 1 atom stereocenters. The zero-order valence-corrected chi connectivity index (χ0v) is 13.3. The number of carbonyl (C=O) groups is 1. The van der Waals surface area contributed by atoms with Gasteiger partial charge in [-0.1, -0.05) is 54.9 Å². The van der Waals surface area contributed by atoms with E-state index in [0.717, 1.165) is 17.5 Å². The minimum atomic E-state index is -1.17. The predicted molar refractivity (Wildman–Crippen MR) is 85.6 cm³/mol. The van der Waals surface area contributed by atoms with Crippen molar-refractivity contribution in [1.82, 2.24) is 0 Å². The lowest BCUT2D eigenvalue weighted by Gasteiger charge is -2.24. The van der Waals surface area contributed by atoms with Crippen molar-refractivity contribution >= 4 is 17.6 Å². The van der Waals surface area contributed by atoms with Gasteiger partial charge in [-0.25, -0.2) is 4.79 Å². The molecule has 0 aliphatic rings. The van der Waals surface area contributed by atoms with E-state index in [0.29, 0.717) is 5.56 Å². The van der Waals surface area contributed by atoms with Crippen LogP contribution in [0.15, 0.2) is 48.5 Å². The van der Waals surface area contributed by atoms with Crippen LogP contribution in [-0.4, -0.2) is 5.97 Å². The third kappa shape index (κ3) is 3.64. The summed E-state index contributed by atoms with van der Waals surface area (Å²) in [6.45, 7) is 5.70. The number of hydrogen-bond acceptors (Lipinski definition) is 2. The fourth-order valence-corrected chi connectivity index (χ4v) is 2.52. The Morgan fingerprint density at radius 1 is 1.14 bits per heavy atom. The van der Waals surface area contributed by atoms with Crippen LogP contribution in [-0.2, 0) is 16.2 Å². The molecule has 1 unspecified atom stereocenters. The number of aryl methyl sites for hydroxylation is 2. The lowest BCUT2D eigenvalue weighted by Crippen LogP contribution is -2.24. The Balaban J connectivity index is 2.19. The molecule has 110 valence electrons. The fraction of sp³-hybridized carbons (Fsp3) is 0.278. The highest BCUT2D eigenvalue weighted by molar-refractivity contribution is 6.23. The van der Waals surface area contributed by atoms with Crippen molar-refractivity contribution in [3.05, 3.63) is 70.8 Å². The molecular weight excluding hydrogens is 284 g/mol. The van der Waals surface area contributed by atoms with Gasteiger partial charge in [0, 0.05) is 5.56 Å². The first-order valence-electron chi connectivity index (χ1n) is 7.01. The molecule has 2 aromatic rings. The molecular formula is C18H19ClO2. The summed E-state index contributed by atoms with van der Waals surface area (Å²) >= 11 is 6.43. The van der Waals surface area contributed by atoms with E-state index in [9.17, 15) is 4.79 Å². The van der Waals surface area contributed by atoms with Crippen LogP contribution in [0.5, 0.6) is 0 Å². The summed E-state index contributed by atoms with van der Waals surface area (Å²) in [4.78, 5) is 12.2. The molecule has 0 aliphatic carbocycles. The number of halogens is 1. The largest absolute Gasteiger partial charge is 0.435 e. The number of ether oxygens (including phenoxy) is 1. The molecule has 0 N–H and O–H groups in total. The summed E-state index contributed by atoms with van der Waals surface area (Å²) in [5, 5.41) is -1.17. The van der Waals surface area contributed by atoms with Crippen molar-refractivity contribution in [2.24, 2.45) is 0 Å². The molecule has 3 heteroatoms. The van der Waals surface area contributed by atoms with Gasteiger partial charge in [0.15, 0.2) is 0 Å². The van der Waals surface area contributed by atoms with Gasteiger partial charge in [-0.15, -0.1) is 0 Å². The molecule has 0 saturated carbocycles. The van der Waals surface area contributed by atoms with Crippen molar-refractivity contribution < 1.29 is 9.53 Å². The molecule has 0 bridgehead atoms. The minimum absolute atomic E-state index is 0.418. The smallest absolute Gasteiger partial charge is 0.340 e. The molecule has 2 rings (SSSR count). The number of hydrogen-bond donors (Lipinski definition) is 0. The van der Waals surface area contributed by atoms with Gasteiger partial charge in [-0.05, 0) is 43.5 Å². The second-order valence-electron chi connectivity index (χ2n) is 5.17. The average molecular weight is 303 g/mol. The topological polar surface area (TPSA) is 26.3 Å². The SMILES string of the molecule is CCc1ccc(C(=O)OC(C)(Cl)c2ccccc2C)cc1. The van der Waals surface area contributed by atoms with Crippen molar-refractivity contribution in [3.8, 4) is 0 Å². The quantitative estimate of drug-likeness (QED) is 0.597. The molecule has 0 amide bonds. The van der Waals surface area contributed by atoms with Crippen molar-refractivity contribution in [2.45, 2.75) is 32.3 Å². The Labute approximate surface area is 130 Å². The van der Waals surface area contributed by atoms with Crippen LogP contribution in [0.3, 0.4) is 0 Å². The molecule has 0 saturated heterocycles. The number of rotatable bonds is 4. The van der Waals surface area contributed by atoms with Crippen LogP contribution in [0.4, 0.5) is 0 Å². The normalized spacial score (nSPS) is 13.5. The van der Waals surface area contributed by atoms with E-state index in [1.165, 1.54) is 5.56 Å². The zero-order chi connectivity index (χ0) is 15.5. The predicted octanol–water partition coefficient (Wildman–Crippen LogP) is 4.83. The highest BCUT2D eigenvalue weighted by atomic mass is 35.5. The first kappa shape index (κ1) is 15.6. The van der Waals surface area contributed by atoms with E-state index in [-0.39, 0.29) is 0 Å². The first-order chi connectivity index (χ1) is 9.94. The van der Waals surface area contributed by atoms with Gasteiger partial charge in [0.2, 0.25) is 5.06 Å². The maximum atomic E-state index is 12.2. The van der Waals surface area contributed by atoms with Gasteiger partial charge >= 0.3 is 5.97 Å². The number of carbonyl (C=O) groups excluding carboxylic acids is 1. The molecule has 21 heavy (non-hydrogen) atoms. The van der Waals surface area contributed by atoms with E-state index in [1.807, 2.05) is 43.3 Å². The Bertz CT molecular complexity index is 630. The van der Waals surface area contributed by atoms with Gasteiger partial charge in [0.25, 0.3) is 0 Å². The Hall–Kier alpha value is -1.80. The monoisotopic (exact) mass is 302 g/mol. The number of benzene rings is 2. The third-order valence-corrected chi connectivity index (χ3v) is 3.79. The first-order valence-corrected chi connectivity index (χ1v) is 7.39. The molecule has 0 aliphatic heterocycles. The molecule has 0 radical (unpaired) electrons. The van der Waals surface area contributed by atoms with E-state index in [2.05, 4.69) is 6.92 Å². The molecule has 2 aromatic carbocycles. The number of alkyl halides is 1. The Morgan fingerprint density at radius 2 is 1.76 bits per heavy atom. The maximum Gasteiger partial charge on any atom is 0.340 e. The average Bonchev–Trinajstić information content (AvgIpc) is 2.47. The van der Waals surface area contributed by atoms with Gasteiger partial charge in [0.05, 0.1) is 5.56 Å². The fourth-order valence-electron chi connectivity index (χ4n) is 2.24. The second-order valence-corrected chi connectivity index (χ2v) is 5.89. The summed E-state index contributed by atoms with van der Waals surface area (Å²) in [6, 6.07) is 15.0. The summed E-state index contributed by atoms with van der Waals surface area (Å²) in [7, 11) is 0. The summed E-state index contributed by atoms with van der Waals surface area (Å²) in [6.07, 6.45) is 0.936. The van der Waals surface area contributed by atoms with Crippen LogP contribution in [0.2, 0.25) is 0 Å². The van der Waals surface area contributed by atoms with E-state index in [1.54, 1.807) is 19.1 Å². The standard InChI is InChI=1S/C18H19ClO2/c1-4-14-9-11-15(12-10-14)17(20)21-18(3,19)16-8-6-5-7-13(16)2/h5-12H,4H2,1-3H3. The highest BCUT2D eigenvalue weighted by Gasteiger charge is 2.30. The molecule has 2 nitrogen and oxygen atoms in total. The van der Waals surface area contributed by atoms with Gasteiger partial charge in [0.1, 0.15) is 0 Å². The molecule has 0 fully saturated rings. The van der Waals surface area contributed by atoms with E-state index < -0.39 is 11.0 Å². The highest BCUT2D eigenvalue weighted by Crippen LogP contribution is 2.33. The van der Waals surface area contributed by atoms with Crippen molar-refractivity contribution in [2.75, 3.05) is 0 Å². The van der Waals surface area contributed by atoms with Crippen LogP contribution < -0.4 is 0 Å². The molecule has 0 aromatic heterocycles. The van der Waals surface area contributed by atoms with Gasteiger partial charge in [-0.2, -0.15) is 0 Å². The molecule has 0 spiro atoms. The second kappa shape index (κ2) is 6.31. The van der Waals surface area contributed by atoms with Crippen LogP contribution in [0.25, 0.3) is 0 Å². The van der Waals surface area contributed by atoms with Crippen LogP contribution in [0.1, 0.15) is 40.9 Å². The van der Waals surface area contributed by atoms with E-state index in [4.69, 9.17) is 16.3 Å². The molecule has 0 heterocycles. The van der Waals surface area contributed by atoms with Gasteiger partial charge in [-0.3, -0.25) is 0 Å². The minimum Gasteiger partial charge on any atom is -0.435 e. The summed E-state index contributed by atoms with van der Waals surface area (Å²) in [5.74, 6) is -0.418. The zero-order valence-electron chi connectivity index (χ0n) is 12.5. The Morgan fingerprint density at radius 3 is 2.33 bits per heavy atom. The lowest BCUT2D eigenvalue weighted by molar-refractivity contribution is 0.0213. The Kier molecular flexibility index (Phi) is 4.69. The van der Waals surface area contributed by atoms with Crippen LogP contribution >= 0.6 is 11.6 Å². The van der Waals surface area contributed by atoms with Crippen LogP contribution in [0, 0.1) is 6.92 Å². The number of esters is 1. The lowest BCUT2D eigenvalue weighted by atomic mass is 10.0. The van der Waals surface area contributed by atoms with Gasteiger partial charge < -0.3 is 4.74 Å². The maximum absolute atomic E-state index is 12.2. The van der Waals surface area contributed by atoms with E-state index >= 15 is 0 Å². The van der Waals surface area contributed by atoms with Crippen molar-refractivity contribution in [1.29, 1.82) is 0 Å². The van der Waals surface area contributed by atoms with Crippen molar-refractivity contribution in [3.63, 3.8) is 0 Å². The summed E-state index contributed by atoms with van der Waals surface area (Å²) < 4.78 is 5.49.